The van der Waals surface area contributed by atoms with E-state index in [0.29, 0.717) is 25.5 Å². The first-order valence-electron chi connectivity index (χ1n) is 31.5. The number of aliphatic hydroxyl groups excluding tert-OH is 1. The van der Waals surface area contributed by atoms with E-state index >= 15 is 19.2 Å². The van der Waals surface area contributed by atoms with E-state index in [0.717, 1.165) is 19.6 Å². The summed E-state index contributed by atoms with van der Waals surface area (Å²) in [5.41, 5.74) is -1.95. The van der Waals surface area contributed by atoms with E-state index in [4.69, 9.17) is 4.74 Å². The van der Waals surface area contributed by atoms with Gasteiger partial charge in [0.2, 0.25) is 59.4 Å². The van der Waals surface area contributed by atoms with Gasteiger partial charge >= 0.3 is 0 Å². The zero-order valence-electron chi connectivity index (χ0n) is 58.1. The van der Waals surface area contributed by atoms with E-state index in [-0.39, 0.29) is 43.4 Å². The molecule has 0 spiro atoms. The van der Waals surface area contributed by atoms with Crippen molar-refractivity contribution in [2.24, 2.45) is 41.4 Å². The number of rotatable bonds is 18. The summed E-state index contributed by atoms with van der Waals surface area (Å²) < 4.78 is 5.75. The summed E-state index contributed by atoms with van der Waals surface area (Å²) in [6, 6.07) is -11.3. The summed E-state index contributed by atoms with van der Waals surface area (Å²) in [5, 5.41) is 23.5. The fourth-order valence-corrected chi connectivity index (χ4v) is 11.6. The minimum absolute atomic E-state index is 0.0166. The van der Waals surface area contributed by atoms with Gasteiger partial charge in [-0.05, 0) is 108 Å². The van der Waals surface area contributed by atoms with Crippen molar-refractivity contribution in [3.05, 3.63) is 12.2 Å². The largest absolute Gasteiger partial charge is 0.390 e. The number of ether oxygens (including phenoxy) is 1. The molecule has 1 saturated heterocycles. The molecule has 0 unspecified atom stereocenters. The third-order valence-corrected chi connectivity index (χ3v) is 16.9. The van der Waals surface area contributed by atoms with Gasteiger partial charge in [-0.3, -0.25) is 78.5 Å². The zero-order valence-corrected chi connectivity index (χ0v) is 58.1. The van der Waals surface area contributed by atoms with Crippen molar-refractivity contribution < 1.29 is 62.6 Å². The maximum absolute atomic E-state index is 15.3. The molecule has 504 valence electrons. The van der Waals surface area contributed by atoms with Gasteiger partial charge in [-0.15, -0.1) is 0 Å². The highest BCUT2D eigenvalue weighted by molar-refractivity contribution is 6.03. The molecule has 0 aromatic heterocycles. The van der Waals surface area contributed by atoms with E-state index in [9.17, 15) is 38.7 Å². The number of aliphatic hydroxyl groups is 1. The van der Waals surface area contributed by atoms with Gasteiger partial charge in [0, 0.05) is 49.4 Å². The summed E-state index contributed by atoms with van der Waals surface area (Å²) in [4.78, 5) is 170. The Balaban J connectivity index is 4.54. The quantitative estimate of drug-likeness (QED) is 0.0744. The van der Waals surface area contributed by atoms with Crippen molar-refractivity contribution in [1.29, 1.82) is 0 Å². The van der Waals surface area contributed by atoms with Gasteiger partial charge < -0.3 is 39.7 Å². The molecule has 0 saturated carbocycles. The first kappa shape index (κ1) is 80.3. The third kappa shape index (κ3) is 20.9. The molecule has 13 atom stereocenters. The summed E-state index contributed by atoms with van der Waals surface area (Å²) in [5.74, 6) is -10.2. The molecule has 1 heterocycles. The third-order valence-electron chi connectivity index (χ3n) is 16.9. The van der Waals surface area contributed by atoms with Crippen molar-refractivity contribution >= 4 is 65.4 Å². The molecule has 0 aliphatic carbocycles. The van der Waals surface area contributed by atoms with Gasteiger partial charge in [-0.1, -0.05) is 116 Å². The Morgan fingerprint density at radius 2 is 1.15 bits per heavy atom. The monoisotopic (exact) mass is 1250 g/mol. The summed E-state index contributed by atoms with van der Waals surface area (Å²) in [6.07, 6.45) is 2.25. The van der Waals surface area contributed by atoms with E-state index in [1.807, 2.05) is 41.5 Å². The predicted molar refractivity (Wildman–Crippen MR) is 339 cm³/mol. The molecule has 1 aliphatic heterocycles. The molecule has 1 rings (SSSR count). The number of aldehydes is 1. The standard InChI is InChI=1S/C64H115N11O13/c1-26-28-30-42(15)52(77)51-55(80)66-45(29-27-2)57(82)74(23)63(88-25)62(87)75(24)64(35-76,34-38(7)8)68-48(39(9)10)59(84)70(19)47(33-37(5)6)54(79)67-53(78)43(16)65-44(17)56(81)73(22)61(86)49(40(11)12)69(18)46(32-31-36(3)4)58(83)71(20)50(41(13)14)60(85)72(51)21/h26,28,35-52,63,65,68,77H,27,29-34H2,1-25H3,(H,66,80)(H,67,78,79)/b28-26+/t42-,43-,44+,45-,46+,47+,48+,49-,50+,51+,52-,63-,64-/m1/s1. The Morgan fingerprint density at radius 3 is 1.61 bits per heavy atom. The molecular formula is C64H115N11O13. The molecule has 88 heavy (non-hydrogen) atoms. The van der Waals surface area contributed by atoms with Crippen molar-refractivity contribution in [1.82, 2.24) is 55.6 Å². The molecule has 0 radical (unpaired) electrons. The SMILES string of the molecule is C/C=C/C[C@@H](C)[C@@H](O)[C@H]1C(=O)N[C@H](CCC)C(=O)N(C)[C@H](OC)C(=O)N(C)[C@@](C=O)(CC(C)C)N[C@@H](C(C)C)C(=O)N(C)[C@@H](CC(C)C)C(=O)NC(=O)[C@@H](C)N[C@@H](C)C(=O)N(C)C(=O)[C@@H](C(C)C)N(C)[C@@H](CCC(C)C)C(=O)N(C)[C@@H](C(C)C)C(=O)N1C. The van der Waals surface area contributed by atoms with Crippen LogP contribution >= 0.6 is 0 Å². The first-order valence-corrected chi connectivity index (χ1v) is 31.5. The van der Waals surface area contributed by atoms with Gasteiger partial charge in [0.05, 0.1) is 36.3 Å². The predicted octanol–water partition coefficient (Wildman–Crippen LogP) is 3.63. The highest BCUT2D eigenvalue weighted by atomic mass is 16.5. The van der Waals surface area contributed by atoms with Gasteiger partial charge in [0.1, 0.15) is 24.2 Å². The van der Waals surface area contributed by atoms with Crippen LogP contribution in [-0.2, 0) is 57.5 Å². The molecule has 0 bridgehead atoms. The van der Waals surface area contributed by atoms with E-state index in [1.165, 1.54) is 73.0 Å². The van der Waals surface area contributed by atoms with Gasteiger partial charge in [-0.2, -0.15) is 0 Å². The fraction of sp³-hybridized carbons (Fsp3) is 0.797. The second-order valence-corrected chi connectivity index (χ2v) is 26.7. The molecule has 0 aromatic carbocycles. The van der Waals surface area contributed by atoms with Gasteiger partial charge in [-0.25, -0.2) is 0 Å². The number of likely N-dealkylation sites (N-methyl/N-ethyl adjacent to an activating group) is 7. The van der Waals surface area contributed by atoms with Crippen molar-refractivity contribution in [2.75, 3.05) is 56.4 Å². The zero-order chi connectivity index (χ0) is 68.3. The van der Waals surface area contributed by atoms with Crippen molar-refractivity contribution in [3.8, 4) is 0 Å². The molecule has 24 nitrogen and oxygen atoms in total. The Labute approximate surface area is 526 Å². The van der Waals surface area contributed by atoms with Crippen LogP contribution in [0.2, 0.25) is 0 Å². The van der Waals surface area contributed by atoms with Crippen molar-refractivity contribution in [2.45, 2.75) is 235 Å². The maximum Gasteiger partial charge on any atom is 0.274 e. The second kappa shape index (κ2) is 36.2. The average molecular weight is 1250 g/mol. The summed E-state index contributed by atoms with van der Waals surface area (Å²) in [7, 11) is 11.0. The number of carbonyl (C=O) groups excluding carboxylic acids is 11. The number of nitrogens with one attached hydrogen (secondary N) is 4. The Hall–Kier alpha value is -5.69. The molecule has 1 aliphatic rings. The number of amides is 10. The number of imide groups is 2. The minimum Gasteiger partial charge on any atom is -0.390 e. The van der Waals surface area contributed by atoms with Crippen LogP contribution in [0.3, 0.4) is 0 Å². The number of carbonyl (C=O) groups is 11. The van der Waals surface area contributed by atoms with Crippen molar-refractivity contribution in [3.63, 3.8) is 0 Å². The van der Waals surface area contributed by atoms with Crippen LogP contribution < -0.4 is 21.3 Å². The molecular weight excluding hydrogens is 1130 g/mol. The van der Waals surface area contributed by atoms with Gasteiger partial charge in [0.15, 0.2) is 11.9 Å². The topological polar surface area (TPSA) is 288 Å². The molecule has 5 N–H and O–H groups in total. The summed E-state index contributed by atoms with van der Waals surface area (Å²) >= 11 is 0. The molecule has 24 heteroatoms. The van der Waals surface area contributed by atoms with Crippen LogP contribution in [0.1, 0.15) is 163 Å². The molecule has 10 amide bonds. The second-order valence-electron chi connectivity index (χ2n) is 26.7. The maximum atomic E-state index is 15.3. The normalized spacial score (nSPS) is 28.3. The van der Waals surface area contributed by atoms with Crippen LogP contribution in [0, 0.1) is 41.4 Å². The van der Waals surface area contributed by atoms with Gasteiger partial charge in [0.25, 0.3) is 5.91 Å². The van der Waals surface area contributed by atoms with Crippen LogP contribution in [0.5, 0.6) is 0 Å². The Bertz CT molecular complexity index is 2400. The lowest BCUT2D eigenvalue weighted by molar-refractivity contribution is -0.169. The fourth-order valence-electron chi connectivity index (χ4n) is 11.6. The highest BCUT2D eigenvalue weighted by Gasteiger charge is 2.49. The van der Waals surface area contributed by atoms with Crippen LogP contribution in [0.15, 0.2) is 12.2 Å². The lowest BCUT2D eigenvalue weighted by atomic mass is 9.91. The first-order chi connectivity index (χ1) is 40.7. The lowest BCUT2D eigenvalue weighted by Crippen LogP contribution is -2.69. The minimum atomic E-state index is -1.95. The number of methoxy groups -OCH3 is 1. The lowest BCUT2D eigenvalue weighted by Gasteiger charge is -2.45. The van der Waals surface area contributed by atoms with Crippen LogP contribution in [0.25, 0.3) is 0 Å². The van der Waals surface area contributed by atoms with E-state index < -0.39 is 155 Å². The number of hydrogen-bond acceptors (Lipinski definition) is 16. The van der Waals surface area contributed by atoms with Crippen LogP contribution in [0.4, 0.5) is 0 Å². The number of allylic oxidation sites excluding steroid dienone is 2. The highest BCUT2D eigenvalue weighted by Crippen LogP contribution is 2.28. The number of nitrogens with zero attached hydrogens (tertiary/aromatic N) is 7. The number of hydrogen-bond donors (Lipinski definition) is 5. The van der Waals surface area contributed by atoms with E-state index in [2.05, 4.69) is 21.3 Å². The molecule has 0 aromatic rings. The van der Waals surface area contributed by atoms with E-state index in [1.54, 1.807) is 86.4 Å². The Kier molecular flexibility index (Phi) is 33.1. The summed E-state index contributed by atoms with van der Waals surface area (Å²) in [6.45, 7) is 29.9. The Morgan fingerprint density at radius 1 is 0.591 bits per heavy atom. The van der Waals surface area contributed by atoms with Crippen LogP contribution in [-0.4, -0.2) is 234 Å². The molecule has 1 fully saturated rings. The average Bonchev–Trinajstić information content (AvgIpc) is 3.65. The smallest absolute Gasteiger partial charge is 0.274 e.